The highest BCUT2D eigenvalue weighted by atomic mass is 16.6. The summed E-state index contributed by atoms with van der Waals surface area (Å²) in [5, 5.41) is 16.1. The van der Waals surface area contributed by atoms with Crippen molar-refractivity contribution in [1.29, 1.82) is 0 Å². The lowest BCUT2D eigenvalue weighted by Gasteiger charge is -2.14. The third kappa shape index (κ3) is 7.50. The summed E-state index contributed by atoms with van der Waals surface area (Å²) in [5.41, 5.74) is 3.16. The molecule has 9 nitrogen and oxygen atoms in total. The number of aryl methyl sites for hydroxylation is 2. The molecule has 0 bridgehead atoms. The first-order valence-electron chi connectivity index (χ1n) is 10.4. The van der Waals surface area contributed by atoms with Gasteiger partial charge >= 0.3 is 5.97 Å². The highest BCUT2D eigenvalue weighted by Gasteiger charge is 2.13. The van der Waals surface area contributed by atoms with Crippen molar-refractivity contribution in [2.75, 3.05) is 17.2 Å². The van der Waals surface area contributed by atoms with Crippen LogP contribution in [0.5, 0.6) is 0 Å². The zero-order valence-electron chi connectivity index (χ0n) is 18.2. The number of nitrogens with zero attached hydrogens (tertiary/aromatic N) is 1. The summed E-state index contributed by atoms with van der Waals surface area (Å²) in [4.78, 5) is 46.1. The van der Waals surface area contributed by atoms with Crippen molar-refractivity contribution < 1.29 is 24.0 Å². The molecule has 0 heterocycles. The van der Waals surface area contributed by atoms with E-state index in [9.17, 15) is 24.5 Å². The van der Waals surface area contributed by atoms with Gasteiger partial charge in [-0.3, -0.25) is 24.5 Å². The molecule has 0 aliphatic carbocycles. The quantitative estimate of drug-likeness (QED) is 0.308. The molecule has 2 N–H and O–H groups in total. The maximum atomic E-state index is 12.2. The van der Waals surface area contributed by atoms with Gasteiger partial charge in [-0.25, -0.2) is 0 Å². The van der Waals surface area contributed by atoms with Crippen LogP contribution in [-0.4, -0.2) is 29.3 Å². The molecule has 0 saturated carbocycles. The highest BCUT2D eigenvalue weighted by Crippen LogP contribution is 2.22. The number of amides is 2. The van der Waals surface area contributed by atoms with Gasteiger partial charge < -0.3 is 15.4 Å². The first-order chi connectivity index (χ1) is 15.3. The van der Waals surface area contributed by atoms with Gasteiger partial charge in [0.15, 0.2) is 6.61 Å². The van der Waals surface area contributed by atoms with Crippen molar-refractivity contribution in [2.24, 2.45) is 0 Å². The van der Waals surface area contributed by atoms with Gasteiger partial charge in [0, 0.05) is 36.3 Å². The molecule has 9 heteroatoms. The Kier molecular flexibility index (Phi) is 9.34. The molecule has 170 valence electrons. The number of anilines is 2. The zero-order chi connectivity index (χ0) is 23.5. The van der Waals surface area contributed by atoms with E-state index in [4.69, 9.17) is 4.74 Å². The van der Waals surface area contributed by atoms with Crippen molar-refractivity contribution in [3.05, 3.63) is 63.7 Å². The monoisotopic (exact) mass is 441 g/mol. The van der Waals surface area contributed by atoms with Gasteiger partial charge in [-0.1, -0.05) is 32.0 Å². The van der Waals surface area contributed by atoms with E-state index >= 15 is 0 Å². The Bertz CT molecular complexity index is 950. The molecule has 32 heavy (non-hydrogen) atoms. The topological polar surface area (TPSA) is 128 Å². The molecule has 0 unspecified atom stereocenters. The summed E-state index contributed by atoms with van der Waals surface area (Å²) < 4.78 is 5.01. The van der Waals surface area contributed by atoms with Crippen molar-refractivity contribution in [1.82, 2.24) is 0 Å². The van der Waals surface area contributed by atoms with Crippen LogP contribution in [0.4, 0.5) is 17.1 Å². The minimum atomic E-state index is -0.567. The predicted octanol–water partition coefficient (Wildman–Crippen LogP) is 4.01. The number of nitrogens with one attached hydrogen (secondary N) is 2. The summed E-state index contributed by atoms with van der Waals surface area (Å²) >= 11 is 0. The van der Waals surface area contributed by atoms with Crippen LogP contribution >= 0.6 is 0 Å². The molecule has 0 fully saturated rings. The van der Waals surface area contributed by atoms with Gasteiger partial charge in [0.2, 0.25) is 5.91 Å². The molecular formula is C23H27N3O6. The molecule has 2 aromatic carbocycles. The van der Waals surface area contributed by atoms with Crippen LogP contribution in [0.1, 0.15) is 44.2 Å². The molecule has 0 atom stereocenters. The zero-order valence-corrected chi connectivity index (χ0v) is 18.2. The number of esters is 1. The standard InChI is InChI=1S/C23H27N3O6/c1-3-16-7-5-8-17(4-2)23(16)25-21(28)15-32-22(29)10-6-9-20(27)24-18-11-13-19(14-12-18)26(30)31/h5,7-8,11-14H,3-4,6,9-10,15H2,1-2H3,(H,24,27)(H,25,28). The summed E-state index contributed by atoms with van der Waals surface area (Å²) in [5.74, 6) is -1.31. The van der Waals surface area contributed by atoms with E-state index in [-0.39, 0.29) is 30.9 Å². The van der Waals surface area contributed by atoms with E-state index in [2.05, 4.69) is 10.6 Å². The van der Waals surface area contributed by atoms with Gasteiger partial charge in [-0.2, -0.15) is 0 Å². The average Bonchev–Trinajstić information content (AvgIpc) is 2.78. The Morgan fingerprint density at radius 2 is 1.53 bits per heavy atom. The second-order valence-corrected chi connectivity index (χ2v) is 7.07. The SMILES string of the molecule is CCc1cccc(CC)c1NC(=O)COC(=O)CCCC(=O)Nc1ccc([N+](=O)[O-])cc1. The number of rotatable bonds is 11. The molecule has 0 aliphatic rings. The van der Waals surface area contributed by atoms with Gasteiger partial charge in [-0.15, -0.1) is 0 Å². The summed E-state index contributed by atoms with van der Waals surface area (Å²) in [6, 6.07) is 11.3. The summed E-state index contributed by atoms with van der Waals surface area (Å²) in [6.07, 6.45) is 1.85. The molecule has 2 rings (SSSR count). The summed E-state index contributed by atoms with van der Waals surface area (Å²) in [6.45, 7) is 3.61. The van der Waals surface area contributed by atoms with E-state index < -0.39 is 23.4 Å². The third-order valence-corrected chi connectivity index (χ3v) is 4.77. The fourth-order valence-electron chi connectivity index (χ4n) is 3.08. The fourth-order valence-corrected chi connectivity index (χ4v) is 3.08. The minimum absolute atomic E-state index is 0.00722. The van der Waals surface area contributed by atoms with Crippen LogP contribution in [0, 0.1) is 10.1 Å². The second kappa shape index (κ2) is 12.2. The van der Waals surface area contributed by atoms with Crippen molar-refractivity contribution in [2.45, 2.75) is 46.0 Å². The van der Waals surface area contributed by atoms with E-state index in [0.717, 1.165) is 29.7 Å². The Hall–Kier alpha value is -3.75. The van der Waals surface area contributed by atoms with Crippen molar-refractivity contribution >= 4 is 34.8 Å². The van der Waals surface area contributed by atoms with Crippen LogP contribution in [0.2, 0.25) is 0 Å². The molecule has 0 spiro atoms. The van der Waals surface area contributed by atoms with Crippen LogP contribution in [-0.2, 0) is 32.0 Å². The van der Waals surface area contributed by atoms with Crippen molar-refractivity contribution in [3.63, 3.8) is 0 Å². The average molecular weight is 441 g/mol. The number of para-hydroxylation sites is 1. The first-order valence-corrected chi connectivity index (χ1v) is 10.4. The number of nitro benzene ring substituents is 1. The van der Waals surface area contributed by atoms with Crippen LogP contribution in [0.15, 0.2) is 42.5 Å². The number of non-ortho nitro benzene ring substituents is 1. The molecule has 0 aliphatic heterocycles. The van der Waals surface area contributed by atoms with Gasteiger partial charge in [0.1, 0.15) is 0 Å². The lowest BCUT2D eigenvalue weighted by Crippen LogP contribution is -2.22. The Morgan fingerprint density at radius 1 is 0.906 bits per heavy atom. The van der Waals surface area contributed by atoms with E-state index in [1.165, 1.54) is 24.3 Å². The Labute approximate surface area is 186 Å². The molecule has 0 radical (unpaired) electrons. The molecule has 0 aromatic heterocycles. The summed E-state index contributed by atoms with van der Waals surface area (Å²) in [7, 11) is 0. The number of carbonyl (C=O) groups excluding carboxylic acids is 3. The maximum absolute atomic E-state index is 12.2. The second-order valence-electron chi connectivity index (χ2n) is 7.07. The molecule has 0 saturated heterocycles. The Morgan fingerprint density at radius 3 is 2.09 bits per heavy atom. The van der Waals surface area contributed by atoms with Crippen LogP contribution < -0.4 is 10.6 Å². The number of benzene rings is 2. The van der Waals surface area contributed by atoms with Gasteiger partial charge in [-0.05, 0) is 42.5 Å². The third-order valence-electron chi connectivity index (χ3n) is 4.77. The lowest BCUT2D eigenvalue weighted by atomic mass is 10.0. The van der Waals surface area contributed by atoms with E-state index in [1.807, 2.05) is 32.0 Å². The number of nitro groups is 1. The van der Waals surface area contributed by atoms with Gasteiger partial charge in [0.05, 0.1) is 4.92 Å². The minimum Gasteiger partial charge on any atom is -0.456 e. The van der Waals surface area contributed by atoms with Crippen LogP contribution in [0.3, 0.4) is 0 Å². The molecule has 2 amide bonds. The number of hydrogen-bond acceptors (Lipinski definition) is 6. The number of carbonyl (C=O) groups is 3. The van der Waals surface area contributed by atoms with Gasteiger partial charge in [0.25, 0.3) is 11.6 Å². The first kappa shape index (κ1) is 24.5. The maximum Gasteiger partial charge on any atom is 0.306 e. The van der Waals surface area contributed by atoms with Crippen molar-refractivity contribution in [3.8, 4) is 0 Å². The molecular weight excluding hydrogens is 414 g/mol. The smallest absolute Gasteiger partial charge is 0.306 e. The van der Waals surface area contributed by atoms with Crippen LogP contribution in [0.25, 0.3) is 0 Å². The number of ether oxygens (including phenoxy) is 1. The lowest BCUT2D eigenvalue weighted by molar-refractivity contribution is -0.384. The Balaban J connectivity index is 1.71. The van der Waals surface area contributed by atoms with E-state index in [0.29, 0.717) is 5.69 Å². The fraction of sp³-hybridized carbons (Fsp3) is 0.348. The normalized spacial score (nSPS) is 10.3. The largest absolute Gasteiger partial charge is 0.456 e. The highest BCUT2D eigenvalue weighted by molar-refractivity contribution is 5.94. The predicted molar refractivity (Wildman–Crippen MR) is 120 cm³/mol. The molecule has 2 aromatic rings. The number of hydrogen-bond donors (Lipinski definition) is 2. The van der Waals surface area contributed by atoms with E-state index in [1.54, 1.807) is 0 Å².